The van der Waals surface area contributed by atoms with Gasteiger partial charge in [0.1, 0.15) is 5.76 Å². The molecular weight excluding hydrogens is 364 g/mol. The molecule has 0 fully saturated rings. The number of carbonyl (C=O) groups excluding carboxylic acids is 1. The van der Waals surface area contributed by atoms with Gasteiger partial charge in [0.2, 0.25) is 5.91 Å². The Morgan fingerprint density at radius 3 is 2.56 bits per heavy atom. The molecule has 0 saturated carbocycles. The maximum Gasteiger partial charge on any atom is 0.221 e. The van der Waals surface area contributed by atoms with Crippen LogP contribution >= 0.6 is 11.6 Å². The molecule has 1 aromatic carbocycles. The van der Waals surface area contributed by atoms with Crippen molar-refractivity contribution in [1.29, 1.82) is 0 Å². The number of nitrogens with one attached hydrogen (secondary N) is 1. The molecule has 1 aromatic heterocycles. The number of nitrogens with zero attached hydrogens (tertiary/aromatic N) is 1. The third kappa shape index (κ3) is 5.32. The van der Waals surface area contributed by atoms with Crippen LogP contribution in [0.2, 0.25) is 5.02 Å². The molecule has 0 saturated heterocycles. The van der Waals surface area contributed by atoms with Gasteiger partial charge in [-0.1, -0.05) is 23.7 Å². The minimum atomic E-state index is -3.61. The molecule has 1 N–H and O–H groups in total. The number of halogens is 1. The number of amides is 1. The lowest BCUT2D eigenvalue weighted by atomic mass is 10.2. The Labute approximate surface area is 152 Å². The lowest BCUT2D eigenvalue weighted by molar-refractivity contribution is -0.120. The van der Waals surface area contributed by atoms with Crippen molar-refractivity contribution >= 4 is 27.3 Å². The van der Waals surface area contributed by atoms with Crippen LogP contribution in [0.4, 0.5) is 0 Å². The molecule has 0 radical (unpaired) electrons. The molecule has 25 heavy (non-hydrogen) atoms. The van der Waals surface area contributed by atoms with Gasteiger partial charge in [0.15, 0.2) is 9.84 Å². The fraction of sp³-hybridized carbons (Fsp3) is 0.353. The van der Waals surface area contributed by atoms with E-state index in [1.54, 1.807) is 24.5 Å². The molecular formula is C17H21ClN2O4S. The average molecular weight is 385 g/mol. The minimum Gasteiger partial charge on any atom is -0.468 e. The topological polar surface area (TPSA) is 79.6 Å². The predicted octanol–water partition coefficient (Wildman–Crippen LogP) is 2.52. The molecule has 136 valence electrons. The number of hydrogen-bond acceptors (Lipinski definition) is 5. The normalized spacial score (nSPS) is 13.0. The molecule has 6 nitrogen and oxygen atoms in total. The highest BCUT2D eigenvalue weighted by molar-refractivity contribution is 7.91. The third-order valence-corrected chi connectivity index (χ3v) is 5.97. The highest BCUT2D eigenvalue weighted by Gasteiger charge is 2.21. The van der Waals surface area contributed by atoms with E-state index in [2.05, 4.69) is 5.32 Å². The van der Waals surface area contributed by atoms with Crippen LogP contribution in [0.15, 0.2) is 52.0 Å². The Bertz CT molecular complexity index is 804. The molecule has 0 aliphatic rings. The SMILES string of the molecule is CN(C)C(CNC(=O)CCS(=O)(=O)c1ccccc1Cl)c1ccco1. The maximum atomic E-state index is 12.3. The molecule has 0 spiro atoms. The number of sulfone groups is 1. The average Bonchev–Trinajstić information content (AvgIpc) is 3.07. The van der Waals surface area contributed by atoms with E-state index in [1.807, 2.05) is 25.1 Å². The highest BCUT2D eigenvalue weighted by atomic mass is 35.5. The summed E-state index contributed by atoms with van der Waals surface area (Å²) in [6, 6.07) is 9.70. The summed E-state index contributed by atoms with van der Waals surface area (Å²) in [6.45, 7) is 0.325. The van der Waals surface area contributed by atoms with Crippen LogP contribution in [-0.2, 0) is 14.6 Å². The molecule has 0 bridgehead atoms. The monoisotopic (exact) mass is 384 g/mol. The van der Waals surface area contributed by atoms with E-state index < -0.39 is 9.84 Å². The van der Waals surface area contributed by atoms with E-state index in [-0.39, 0.29) is 34.0 Å². The Morgan fingerprint density at radius 1 is 1.24 bits per heavy atom. The number of carbonyl (C=O) groups is 1. The summed E-state index contributed by atoms with van der Waals surface area (Å²) in [5, 5.41) is 2.91. The molecule has 0 aliphatic heterocycles. The summed E-state index contributed by atoms with van der Waals surface area (Å²) in [6.07, 6.45) is 1.44. The van der Waals surface area contributed by atoms with Crippen molar-refractivity contribution in [3.8, 4) is 0 Å². The summed E-state index contributed by atoms with van der Waals surface area (Å²) in [4.78, 5) is 14.0. The quantitative estimate of drug-likeness (QED) is 0.756. The Hall–Kier alpha value is -1.83. The summed E-state index contributed by atoms with van der Waals surface area (Å²) in [5.74, 6) is 0.0960. The van der Waals surface area contributed by atoms with Gasteiger partial charge in [-0.05, 0) is 38.4 Å². The van der Waals surface area contributed by atoms with Crippen LogP contribution in [0.3, 0.4) is 0 Å². The van der Waals surface area contributed by atoms with Crippen LogP contribution in [0.5, 0.6) is 0 Å². The smallest absolute Gasteiger partial charge is 0.221 e. The van der Waals surface area contributed by atoms with Crippen molar-refractivity contribution in [1.82, 2.24) is 10.2 Å². The summed E-state index contributed by atoms with van der Waals surface area (Å²) < 4.78 is 30.0. The molecule has 2 rings (SSSR count). The van der Waals surface area contributed by atoms with E-state index in [0.29, 0.717) is 6.54 Å². The Balaban J connectivity index is 1.91. The van der Waals surface area contributed by atoms with Gasteiger partial charge >= 0.3 is 0 Å². The van der Waals surface area contributed by atoms with Crippen LogP contribution in [0.25, 0.3) is 0 Å². The lowest BCUT2D eigenvalue weighted by Crippen LogP contribution is -2.35. The summed E-state index contributed by atoms with van der Waals surface area (Å²) in [5.41, 5.74) is 0. The fourth-order valence-corrected chi connectivity index (χ4v) is 4.16. The number of hydrogen-bond donors (Lipinski definition) is 1. The molecule has 0 aliphatic carbocycles. The largest absolute Gasteiger partial charge is 0.468 e. The van der Waals surface area contributed by atoms with E-state index in [9.17, 15) is 13.2 Å². The van der Waals surface area contributed by atoms with Crippen molar-refractivity contribution in [3.05, 3.63) is 53.4 Å². The molecule has 1 unspecified atom stereocenters. The second-order valence-corrected chi connectivity index (χ2v) is 8.28. The standard InChI is InChI=1S/C17H21ClN2O4S/c1-20(2)14(15-7-5-10-24-15)12-19-17(21)9-11-25(22,23)16-8-4-3-6-13(16)18/h3-8,10,14H,9,11-12H2,1-2H3,(H,19,21). The van der Waals surface area contributed by atoms with Gasteiger partial charge in [-0.25, -0.2) is 8.42 Å². The molecule has 1 atom stereocenters. The van der Waals surface area contributed by atoms with Gasteiger partial charge in [-0.15, -0.1) is 0 Å². The van der Waals surface area contributed by atoms with E-state index in [0.717, 1.165) is 5.76 Å². The van der Waals surface area contributed by atoms with Crippen molar-refractivity contribution in [2.24, 2.45) is 0 Å². The number of rotatable bonds is 8. The molecule has 8 heteroatoms. The maximum absolute atomic E-state index is 12.3. The fourth-order valence-electron chi connectivity index (χ4n) is 2.35. The molecule has 1 heterocycles. The zero-order valence-electron chi connectivity index (χ0n) is 14.1. The second kappa shape index (κ2) is 8.51. The first-order valence-electron chi connectivity index (χ1n) is 7.75. The van der Waals surface area contributed by atoms with E-state index in [1.165, 1.54) is 12.1 Å². The Kier molecular flexibility index (Phi) is 6.64. The lowest BCUT2D eigenvalue weighted by Gasteiger charge is -2.22. The highest BCUT2D eigenvalue weighted by Crippen LogP contribution is 2.22. The van der Waals surface area contributed by atoms with Gasteiger partial charge in [-0.2, -0.15) is 0 Å². The predicted molar refractivity (Wildman–Crippen MR) is 96.3 cm³/mol. The van der Waals surface area contributed by atoms with Crippen molar-refractivity contribution in [3.63, 3.8) is 0 Å². The van der Waals surface area contributed by atoms with Crippen LogP contribution in [-0.4, -0.2) is 45.6 Å². The van der Waals surface area contributed by atoms with Crippen molar-refractivity contribution in [2.45, 2.75) is 17.4 Å². The van der Waals surface area contributed by atoms with Crippen LogP contribution in [0.1, 0.15) is 18.2 Å². The Morgan fingerprint density at radius 2 is 1.96 bits per heavy atom. The zero-order valence-corrected chi connectivity index (χ0v) is 15.7. The summed E-state index contributed by atoms with van der Waals surface area (Å²) >= 11 is 5.92. The summed E-state index contributed by atoms with van der Waals surface area (Å²) in [7, 11) is 0.147. The van der Waals surface area contributed by atoms with Gasteiger partial charge in [0.25, 0.3) is 0 Å². The van der Waals surface area contributed by atoms with Crippen molar-refractivity contribution < 1.29 is 17.6 Å². The van der Waals surface area contributed by atoms with Gasteiger partial charge in [0, 0.05) is 13.0 Å². The number of furan rings is 1. The van der Waals surface area contributed by atoms with Gasteiger partial charge in [0.05, 0.1) is 28.0 Å². The third-order valence-electron chi connectivity index (χ3n) is 3.76. The molecule has 2 aromatic rings. The van der Waals surface area contributed by atoms with Gasteiger partial charge in [-0.3, -0.25) is 9.69 Å². The van der Waals surface area contributed by atoms with Crippen molar-refractivity contribution in [2.75, 3.05) is 26.4 Å². The first-order valence-corrected chi connectivity index (χ1v) is 9.78. The van der Waals surface area contributed by atoms with Crippen LogP contribution < -0.4 is 5.32 Å². The van der Waals surface area contributed by atoms with Gasteiger partial charge < -0.3 is 9.73 Å². The molecule has 1 amide bonds. The van der Waals surface area contributed by atoms with Crippen LogP contribution in [0, 0.1) is 0 Å². The van der Waals surface area contributed by atoms with E-state index >= 15 is 0 Å². The van der Waals surface area contributed by atoms with E-state index in [4.69, 9.17) is 16.0 Å². The minimum absolute atomic E-state index is 0.0474. The first-order chi connectivity index (χ1) is 11.8. The second-order valence-electron chi connectivity index (χ2n) is 5.80. The number of benzene rings is 1. The zero-order chi connectivity index (χ0) is 18.4. The number of likely N-dealkylation sites (N-methyl/N-ethyl adjacent to an activating group) is 1. The first kappa shape index (κ1) is 19.5.